The molecule has 218 valence electrons. The Morgan fingerprint density at radius 1 is 1.07 bits per heavy atom. The highest BCUT2D eigenvalue weighted by Gasteiger charge is 2.62. The van der Waals surface area contributed by atoms with Gasteiger partial charge in [-0.15, -0.1) is 0 Å². The molecule has 0 spiro atoms. The molecule has 2 aromatic rings. The fraction of sp³-hybridized carbons (Fsp3) is 0.533. The molecular weight excluding hydrogens is 545 g/mol. The number of aryl methyl sites for hydroxylation is 1. The second kappa shape index (κ2) is 12.0. The molecule has 10 heteroatoms. The van der Waals surface area contributed by atoms with Crippen molar-refractivity contribution in [3.8, 4) is 5.75 Å². The second-order valence-corrected chi connectivity index (χ2v) is 11.6. The Labute approximate surface area is 238 Å². The zero-order valence-corrected chi connectivity index (χ0v) is 23.8. The Morgan fingerprint density at radius 3 is 2.33 bits per heavy atom. The van der Waals surface area contributed by atoms with Gasteiger partial charge in [-0.2, -0.15) is 13.2 Å². The first-order valence-electron chi connectivity index (χ1n) is 13.7. The van der Waals surface area contributed by atoms with Crippen LogP contribution in [0.5, 0.6) is 5.75 Å². The molecule has 6 nitrogen and oxygen atoms in total. The number of aliphatic hydroxyl groups is 1. The van der Waals surface area contributed by atoms with E-state index < -0.39 is 23.2 Å². The standard InChI is InChI=1S/C30H36ClF3N2O4/c1-4-19-6-5-7-22(15-19)29(39,30(32,33)34)28(38)36-12-10-20(11-13-36)14-21-16-24(17-21)40-23-8-9-25(26(31)18-23)27(37)35(2)3/h5-9,15,18,20-21,24,39H,4,10-14,16-17H2,1-3H3/t21-,24+,29?. The molecule has 1 unspecified atom stereocenters. The van der Waals surface area contributed by atoms with Crippen molar-refractivity contribution in [2.24, 2.45) is 11.8 Å². The van der Waals surface area contributed by atoms with Crippen LogP contribution in [0, 0.1) is 11.8 Å². The summed E-state index contributed by atoms with van der Waals surface area (Å²) in [7, 11) is 3.32. The number of carbonyl (C=O) groups excluding carboxylic acids is 2. The molecule has 2 aliphatic rings. The molecule has 1 saturated heterocycles. The predicted octanol–water partition coefficient (Wildman–Crippen LogP) is 5.84. The highest BCUT2D eigenvalue weighted by atomic mass is 35.5. The summed E-state index contributed by atoms with van der Waals surface area (Å²) in [6.45, 7) is 2.16. The van der Waals surface area contributed by atoms with Crippen LogP contribution in [0.25, 0.3) is 0 Å². The van der Waals surface area contributed by atoms with E-state index in [1.165, 1.54) is 17.0 Å². The van der Waals surface area contributed by atoms with E-state index in [-0.39, 0.29) is 25.1 Å². The van der Waals surface area contributed by atoms with Crippen LogP contribution in [0.15, 0.2) is 42.5 Å². The molecule has 0 aromatic heterocycles. The maximum Gasteiger partial charge on any atom is 0.430 e. The molecule has 0 bridgehead atoms. The third-order valence-corrected chi connectivity index (χ3v) is 8.43. The number of hydrogen-bond donors (Lipinski definition) is 1. The minimum Gasteiger partial charge on any atom is -0.490 e. The van der Waals surface area contributed by atoms with Crippen molar-refractivity contribution in [3.63, 3.8) is 0 Å². The molecule has 1 N–H and O–H groups in total. The van der Waals surface area contributed by atoms with E-state index >= 15 is 0 Å². The minimum atomic E-state index is -5.14. The fourth-order valence-electron chi connectivity index (χ4n) is 5.64. The van der Waals surface area contributed by atoms with Gasteiger partial charge in [0.15, 0.2) is 0 Å². The molecule has 1 saturated carbocycles. The average Bonchev–Trinajstić information content (AvgIpc) is 2.90. The van der Waals surface area contributed by atoms with E-state index in [1.54, 1.807) is 45.3 Å². The number of benzene rings is 2. The summed E-state index contributed by atoms with van der Waals surface area (Å²) in [4.78, 5) is 27.9. The monoisotopic (exact) mass is 580 g/mol. The molecule has 4 rings (SSSR count). The van der Waals surface area contributed by atoms with Gasteiger partial charge in [-0.05, 0) is 74.1 Å². The smallest absolute Gasteiger partial charge is 0.430 e. The van der Waals surface area contributed by atoms with Crippen LogP contribution in [0.4, 0.5) is 13.2 Å². The van der Waals surface area contributed by atoms with Crippen LogP contribution in [0.1, 0.15) is 60.5 Å². The molecule has 40 heavy (non-hydrogen) atoms. The zero-order valence-electron chi connectivity index (χ0n) is 23.0. The van der Waals surface area contributed by atoms with E-state index in [1.807, 2.05) is 0 Å². The van der Waals surface area contributed by atoms with Crippen LogP contribution in [-0.2, 0) is 16.8 Å². The summed E-state index contributed by atoms with van der Waals surface area (Å²) >= 11 is 6.27. The Morgan fingerprint density at radius 2 is 1.75 bits per heavy atom. The van der Waals surface area contributed by atoms with Crippen molar-refractivity contribution in [3.05, 3.63) is 64.2 Å². The maximum atomic E-state index is 14.1. The van der Waals surface area contributed by atoms with E-state index in [4.69, 9.17) is 16.3 Å². The molecule has 2 amide bonds. The molecule has 1 aliphatic carbocycles. The first-order chi connectivity index (χ1) is 18.8. The molecule has 0 radical (unpaired) electrons. The quantitative estimate of drug-likeness (QED) is 0.426. The molecule has 1 aliphatic heterocycles. The SMILES string of the molecule is CCc1cccc(C(O)(C(=O)N2CCC(C[C@H]3C[C@@H](Oc4ccc(C(=O)N(C)C)c(Cl)c4)C3)CC2)C(F)(F)F)c1. The van der Waals surface area contributed by atoms with Gasteiger partial charge in [0, 0.05) is 32.7 Å². The largest absolute Gasteiger partial charge is 0.490 e. The number of piperidine rings is 1. The number of alkyl halides is 3. The average molecular weight is 581 g/mol. The zero-order chi connectivity index (χ0) is 29.2. The van der Waals surface area contributed by atoms with Crippen molar-refractivity contribution >= 4 is 23.4 Å². The molecule has 2 fully saturated rings. The third kappa shape index (κ3) is 6.25. The van der Waals surface area contributed by atoms with Crippen molar-refractivity contribution in [2.75, 3.05) is 27.2 Å². The van der Waals surface area contributed by atoms with Crippen molar-refractivity contribution in [1.29, 1.82) is 0 Å². The molecular formula is C30H36ClF3N2O4. The summed E-state index contributed by atoms with van der Waals surface area (Å²) in [5.74, 6) is -0.144. The highest BCUT2D eigenvalue weighted by Crippen LogP contribution is 2.43. The second-order valence-electron chi connectivity index (χ2n) is 11.2. The van der Waals surface area contributed by atoms with Gasteiger partial charge in [0.05, 0.1) is 16.7 Å². The predicted molar refractivity (Wildman–Crippen MR) is 146 cm³/mol. The highest BCUT2D eigenvalue weighted by molar-refractivity contribution is 6.34. The lowest BCUT2D eigenvalue weighted by molar-refractivity contribution is -0.262. The van der Waals surface area contributed by atoms with E-state index in [0.29, 0.717) is 53.0 Å². The van der Waals surface area contributed by atoms with Crippen molar-refractivity contribution in [1.82, 2.24) is 9.80 Å². The molecule has 1 atom stereocenters. The van der Waals surface area contributed by atoms with E-state index in [9.17, 15) is 27.9 Å². The van der Waals surface area contributed by atoms with Gasteiger partial charge in [0.2, 0.25) is 0 Å². The summed E-state index contributed by atoms with van der Waals surface area (Å²) in [5.41, 5.74) is -2.97. The summed E-state index contributed by atoms with van der Waals surface area (Å²) in [6.07, 6.45) is -0.790. The van der Waals surface area contributed by atoms with Crippen LogP contribution in [0.3, 0.4) is 0 Å². The van der Waals surface area contributed by atoms with Gasteiger partial charge in [-0.25, -0.2) is 0 Å². The number of hydrogen-bond acceptors (Lipinski definition) is 4. The van der Waals surface area contributed by atoms with Gasteiger partial charge in [0.1, 0.15) is 5.75 Å². The van der Waals surface area contributed by atoms with Crippen LogP contribution >= 0.6 is 11.6 Å². The molecule has 1 heterocycles. The number of rotatable bonds is 8. The van der Waals surface area contributed by atoms with Gasteiger partial charge in [-0.3, -0.25) is 9.59 Å². The normalized spacial score (nSPS) is 21.4. The lowest BCUT2D eigenvalue weighted by Crippen LogP contribution is -2.57. The molecule has 2 aromatic carbocycles. The lowest BCUT2D eigenvalue weighted by atomic mass is 9.74. The Bertz CT molecular complexity index is 1220. The Kier molecular flexibility index (Phi) is 9.05. The first-order valence-corrected chi connectivity index (χ1v) is 14.1. The van der Waals surface area contributed by atoms with Crippen LogP contribution in [-0.4, -0.2) is 66.2 Å². The number of nitrogens with zero attached hydrogens (tertiary/aromatic N) is 2. The van der Waals surface area contributed by atoms with Crippen LogP contribution < -0.4 is 4.74 Å². The number of ether oxygens (including phenoxy) is 1. The first kappa shape index (κ1) is 30.2. The fourth-order valence-corrected chi connectivity index (χ4v) is 5.89. The third-order valence-electron chi connectivity index (χ3n) is 8.11. The summed E-state index contributed by atoms with van der Waals surface area (Å²) in [5, 5.41) is 11.1. The summed E-state index contributed by atoms with van der Waals surface area (Å²) < 4.78 is 48.3. The summed E-state index contributed by atoms with van der Waals surface area (Å²) in [6, 6.07) is 10.6. The van der Waals surface area contributed by atoms with Crippen molar-refractivity contribution < 1.29 is 32.6 Å². The number of likely N-dealkylation sites (tertiary alicyclic amines) is 1. The van der Waals surface area contributed by atoms with Gasteiger partial charge in [-0.1, -0.05) is 42.8 Å². The van der Waals surface area contributed by atoms with E-state index in [0.717, 1.165) is 30.2 Å². The van der Waals surface area contributed by atoms with Crippen LogP contribution in [0.2, 0.25) is 5.02 Å². The Hall–Kier alpha value is -2.78. The lowest BCUT2D eigenvalue weighted by Gasteiger charge is -2.41. The van der Waals surface area contributed by atoms with E-state index in [2.05, 4.69) is 0 Å². The topological polar surface area (TPSA) is 70.1 Å². The van der Waals surface area contributed by atoms with Crippen molar-refractivity contribution in [2.45, 2.75) is 63.3 Å². The Balaban J connectivity index is 1.28. The van der Waals surface area contributed by atoms with Gasteiger partial charge in [0.25, 0.3) is 17.4 Å². The maximum absolute atomic E-state index is 14.1. The minimum absolute atomic E-state index is 0.0406. The number of amides is 2. The number of halogens is 4. The van der Waals surface area contributed by atoms with Gasteiger partial charge < -0.3 is 19.6 Å². The number of carbonyl (C=O) groups is 2. The van der Waals surface area contributed by atoms with Gasteiger partial charge >= 0.3 is 6.18 Å².